The first-order valence-electron chi connectivity index (χ1n) is 9.84. The number of ether oxygens (including phenoxy) is 1. The average Bonchev–Trinajstić information content (AvgIpc) is 3.13. The number of rotatable bonds is 6. The molecule has 0 fully saturated rings. The fraction of sp³-hybridized carbons (Fsp3) is 0.0833. The molecule has 4 aromatic rings. The Morgan fingerprint density at radius 2 is 1.66 bits per heavy atom. The predicted molar refractivity (Wildman–Crippen MR) is 120 cm³/mol. The number of carbonyl (C=O) groups is 3. The van der Waals surface area contributed by atoms with E-state index in [1.165, 1.54) is 12.1 Å². The minimum Gasteiger partial charge on any atom is -0.452 e. The predicted octanol–water partition coefficient (Wildman–Crippen LogP) is 3.23. The topological polar surface area (TPSA) is 116 Å². The number of hydrogen-bond acceptors (Lipinski definition) is 5. The second-order valence-electron chi connectivity index (χ2n) is 7.10. The number of nitrogens with two attached hydrogens (primary N) is 1. The smallest absolute Gasteiger partial charge is 0.338 e. The number of esters is 1. The number of fused-ring (bicyclic) bond motifs is 1. The summed E-state index contributed by atoms with van der Waals surface area (Å²) in [6.07, 6.45) is 0. The van der Waals surface area contributed by atoms with Gasteiger partial charge in [0.25, 0.3) is 5.91 Å². The van der Waals surface area contributed by atoms with Crippen LogP contribution in [-0.2, 0) is 9.53 Å². The maximum Gasteiger partial charge on any atom is 0.338 e. The molecule has 3 N–H and O–H groups in total. The van der Waals surface area contributed by atoms with Gasteiger partial charge in [-0.1, -0.05) is 18.2 Å². The van der Waals surface area contributed by atoms with Crippen LogP contribution in [0.15, 0.2) is 72.8 Å². The minimum absolute atomic E-state index is 0.300. The summed E-state index contributed by atoms with van der Waals surface area (Å²) in [7, 11) is 0. The standard InChI is InChI=1S/C24H20N4O4/c1-15-26-20-13-17(9-12-21(20)28(15)19-5-3-2-4-6-19)24(31)32-14-22(29)27-18-10-7-16(8-11-18)23(25)30/h2-13H,14H2,1H3,(H2,25,30)(H,27,29). The SMILES string of the molecule is Cc1nc2cc(C(=O)OCC(=O)Nc3ccc(C(N)=O)cc3)ccc2n1-c1ccccc1. The van der Waals surface area contributed by atoms with Crippen molar-refractivity contribution in [2.24, 2.45) is 5.73 Å². The first kappa shape index (κ1) is 20.8. The number of aryl methyl sites for hydroxylation is 1. The Morgan fingerprint density at radius 3 is 2.34 bits per heavy atom. The number of amides is 2. The van der Waals surface area contributed by atoms with Crippen molar-refractivity contribution in [3.8, 4) is 5.69 Å². The van der Waals surface area contributed by atoms with E-state index in [9.17, 15) is 14.4 Å². The van der Waals surface area contributed by atoms with Gasteiger partial charge >= 0.3 is 5.97 Å². The first-order chi connectivity index (χ1) is 15.4. The zero-order valence-corrected chi connectivity index (χ0v) is 17.2. The summed E-state index contributed by atoms with van der Waals surface area (Å²) in [6.45, 7) is 1.44. The Morgan fingerprint density at radius 1 is 0.969 bits per heavy atom. The van der Waals surface area contributed by atoms with Crippen molar-refractivity contribution >= 4 is 34.5 Å². The monoisotopic (exact) mass is 428 g/mol. The summed E-state index contributed by atoms with van der Waals surface area (Å²) in [5.74, 6) is -0.899. The molecule has 1 heterocycles. The van der Waals surface area contributed by atoms with Crippen molar-refractivity contribution in [3.05, 3.63) is 89.7 Å². The molecule has 4 rings (SSSR count). The number of nitrogens with zero attached hydrogens (tertiary/aromatic N) is 2. The normalized spacial score (nSPS) is 10.7. The minimum atomic E-state index is -0.627. The van der Waals surface area contributed by atoms with Gasteiger partial charge in [0.15, 0.2) is 6.61 Å². The van der Waals surface area contributed by atoms with E-state index in [-0.39, 0.29) is 0 Å². The molecule has 3 aromatic carbocycles. The largest absolute Gasteiger partial charge is 0.452 e. The van der Waals surface area contributed by atoms with Gasteiger partial charge in [-0.15, -0.1) is 0 Å². The highest BCUT2D eigenvalue weighted by atomic mass is 16.5. The third-order valence-electron chi connectivity index (χ3n) is 4.86. The lowest BCUT2D eigenvalue weighted by molar-refractivity contribution is -0.119. The lowest BCUT2D eigenvalue weighted by Crippen LogP contribution is -2.21. The summed E-state index contributed by atoms with van der Waals surface area (Å²) in [5, 5.41) is 2.59. The molecule has 0 saturated carbocycles. The molecule has 0 spiro atoms. The number of benzene rings is 3. The van der Waals surface area contributed by atoms with E-state index in [0.717, 1.165) is 17.0 Å². The maximum absolute atomic E-state index is 12.4. The van der Waals surface area contributed by atoms with E-state index in [2.05, 4.69) is 10.3 Å². The average molecular weight is 428 g/mol. The lowest BCUT2D eigenvalue weighted by Gasteiger charge is -2.08. The van der Waals surface area contributed by atoms with E-state index in [1.807, 2.05) is 41.8 Å². The van der Waals surface area contributed by atoms with Crippen LogP contribution in [0.25, 0.3) is 16.7 Å². The molecular weight excluding hydrogens is 408 g/mol. The van der Waals surface area contributed by atoms with Gasteiger partial charge in [0, 0.05) is 16.9 Å². The fourth-order valence-electron chi connectivity index (χ4n) is 3.36. The number of hydrogen-bond donors (Lipinski definition) is 2. The van der Waals surface area contributed by atoms with Crippen LogP contribution >= 0.6 is 0 Å². The molecule has 0 aliphatic carbocycles. The zero-order valence-electron chi connectivity index (χ0n) is 17.2. The first-order valence-corrected chi connectivity index (χ1v) is 9.84. The summed E-state index contributed by atoms with van der Waals surface area (Å²) in [4.78, 5) is 40.2. The summed E-state index contributed by atoms with van der Waals surface area (Å²) < 4.78 is 7.14. The Labute approximate surface area is 183 Å². The highest BCUT2D eigenvalue weighted by Crippen LogP contribution is 2.22. The number of primary amides is 1. The van der Waals surface area contributed by atoms with Crippen LogP contribution in [0.3, 0.4) is 0 Å². The maximum atomic E-state index is 12.4. The number of nitrogens with one attached hydrogen (secondary N) is 1. The molecule has 0 atom stereocenters. The second-order valence-corrected chi connectivity index (χ2v) is 7.10. The van der Waals surface area contributed by atoms with Crippen LogP contribution in [0.1, 0.15) is 26.5 Å². The van der Waals surface area contributed by atoms with Crippen LogP contribution in [0.5, 0.6) is 0 Å². The van der Waals surface area contributed by atoms with Crippen molar-refractivity contribution in [3.63, 3.8) is 0 Å². The number of carbonyl (C=O) groups excluding carboxylic acids is 3. The molecule has 0 aliphatic heterocycles. The summed E-state index contributed by atoms with van der Waals surface area (Å²) in [5.41, 5.74) is 8.76. The quantitative estimate of drug-likeness (QED) is 0.458. The Hall–Kier alpha value is -4.46. The molecule has 160 valence electrons. The third-order valence-corrected chi connectivity index (χ3v) is 4.86. The van der Waals surface area contributed by atoms with E-state index < -0.39 is 24.4 Å². The number of anilines is 1. The number of aromatic nitrogens is 2. The molecule has 0 bridgehead atoms. The number of para-hydroxylation sites is 1. The van der Waals surface area contributed by atoms with E-state index in [1.54, 1.807) is 30.3 Å². The lowest BCUT2D eigenvalue weighted by atomic mass is 10.2. The third kappa shape index (κ3) is 4.34. The van der Waals surface area contributed by atoms with Crippen molar-refractivity contribution in [1.82, 2.24) is 9.55 Å². The van der Waals surface area contributed by atoms with Crippen molar-refractivity contribution in [1.29, 1.82) is 0 Å². The van der Waals surface area contributed by atoms with E-state index in [0.29, 0.717) is 22.3 Å². The molecule has 2 amide bonds. The molecule has 8 heteroatoms. The molecule has 32 heavy (non-hydrogen) atoms. The van der Waals surface area contributed by atoms with Crippen LogP contribution < -0.4 is 11.1 Å². The molecule has 8 nitrogen and oxygen atoms in total. The molecule has 0 saturated heterocycles. The van der Waals surface area contributed by atoms with Gasteiger partial charge in [0.1, 0.15) is 5.82 Å². The van der Waals surface area contributed by atoms with Crippen molar-refractivity contribution in [2.45, 2.75) is 6.92 Å². The van der Waals surface area contributed by atoms with Gasteiger partial charge in [0.05, 0.1) is 16.6 Å². The van der Waals surface area contributed by atoms with Crippen LogP contribution in [-0.4, -0.2) is 33.9 Å². The molecule has 1 aromatic heterocycles. The van der Waals surface area contributed by atoms with Crippen molar-refractivity contribution < 1.29 is 19.1 Å². The summed E-state index contributed by atoms with van der Waals surface area (Å²) >= 11 is 0. The fourth-order valence-corrected chi connectivity index (χ4v) is 3.36. The van der Waals surface area contributed by atoms with Gasteiger partial charge in [-0.3, -0.25) is 14.2 Å². The number of imidazole rings is 1. The van der Waals surface area contributed by atoms with Crippen LogP contribution in [0, 0.1) is 6.92 Å². The highest BCUT2D eigenvalue weighted by Gasteiger charge is 2.15. The van der Waals surface area contributed by atoms with Crippen LogP contribution in [0.2, 0.25) is 0 Å². The van der Waals surface area contributed by atoms with Crippen molar-refractivity contribution in [2.75, 3.05) is 11.9 Å². The van der Waals surface area contributed by atoms with Gasteiger partial charge < -0.3 is 15.8 Å². The van der Waals surface area contributed by atoms with E-state index in [4.69, 9.17) is 10.5 Å². The molecular formula is C24H20N4O4. The zero-order chi connectivity index (χ0) is 22.7. The van der Waals surface area contributed by atoms with E-state index >= 15 is 0 Å². The Kier molecular flexibility index (Phi) is 5.67. The molecule has 0 aliphatic rings. The summed E-state index contributed by atoms with van der Waals surface area (Å²) in [6, 6.07) is 21.0. The van der Waals surface area contributed by atoms with Gasteiger partial charge in [0.2, 0.25) is 5.91 Å². The highest BCUT2D eigenvalue weighted by molar-refractivity contribution is 5.98. The van der Waals surface area contributed by atoms with Gasteiger partial charge in [-0.05, 0) is 61.5 Å². The van der Waals surface area contributed by atoms with Gasteiger partial charge in [-0.2, -0.15) is 0 Å². The molecule has 0 unspecified atom stereocenters. The van der Waals surface area contributed by atoms with Gasteiger partial charge in [-0.25, -0.2) is 9.78 Å². The Balaban J connectivity index is 1.42. The second kappa shape index (κ2) is 8.73. The Bertz CT molecular complexity index is 1310. The molecule has 0 radical (unpaired) electrons. The van der Waals surface area contributed by atoms with Crippen LogP contribution in [0.4, 0.5) is 5.69 Å².